The zero-order chi connectivity index (χ0) is 11.0. The molecule has 0 aliphatic heterocycles. The molecule has 0 fully saturated rings. The van der Waals surface area contributed by atoms with E-state index in [2.05, 4.69) is 0 Å². The summed E-state index contributed by atoms with van der Waals surface area (Å²) in [5, 5.41) is 1.70. The molecule has 0 aromatic carbocycles. The zero-order valence-electron chi connectivity index (χ0n) is 7.09. The lowest BCUT2D eigenvalue weighted by molar-refractivity contribution is 0.104. The number of carbonyl (C=O) groups excluding carboxylic acids is 1. The molecule has 0 amide bonds. The average Bonchev–Trinajstić information content (AvgIpc) is 2.71. The maximum atomic E-state index is 11.9. The van der Waals surface area contributed by atoms with Crippen molar-refractivity contribution in [1.29, 1.82) is 0 Å². The predicted octanol–water partition coefficient (Wildman–Crippen LogP) is 5.00. The largest absolute Gasteiger partial charge is 0.288 e. The number of hydrogen-bond acceptors (Lipinski definition) is 3. The lowest BCUT2D eigenvalue weighted by Crippen LogP contribution is -1.97. The molecule has 78 valence electrons. The fraction of sp³-hybridized carbons (Fsp3) is 0. The van der Waals surface area contributed by atoms with Crippen molar-refractivity contribution < 1.29 is 4.79 Å². The molecular weight excluding hydrogens is 295 g/mol. The third-order valence-electron chi connectivity index (χ3n) is 1.73. The van der Waals surface area contributed by atoms with Gasteiger partial charge in [0.2, 0.25) is 0 Å². The molecule has 0 radical (unpaired) electrons. The summed E-state index contributed by atoms with van der Waals surface area (Å²) in [6.07, 6.45) is 0. The van der Waals surface area contributed by atoms with Crippen LogP contribution in [0.5, 0.6) is 0 Å². The second kappa shape index (κ2) is 4.44. The highest BCUT2D eigenvalue weighted by molar-refractivity contribution is 7.20. The summed E-state index contributed by atoms with van der Waals surface area (Å²) in [6.45, 7) is 0. The number of thiophene rings is 2. The third kappa shape index (κ3) is 2.37. The monoisotopic (exact) mass is 296 g/mol. The van der Waals surface area contributed by atoms with E-state index in [-0.39, 0.29) is 5.78 Å². The Morgan fingerprint density at radius 3 is 2.33 bits per heavy atom. The fourth-order valence-electron chi connectivity index (χ4n) is 1.08. The van der Waals surface area contributed by atoms with E-state index in [1.165, 1.54) is 22.7 Å². The van der Waals surface area contributed by atoms with Crippen LogP contribution in [0.15, 0.2) is 17.5 Å². The van der Waals surface area contributed by atoms with E-state index >= 15 is 0 Å². The molecule has 15 heavy (non-hydrogen) atoms. The van der Waals surface area contributed by atoms with Gasteiger partial charge in [0.25, 0.3) is 0 Å². The van der Waals surface area contributed by atoms with Crippen LogP contribution in [-0.2, 0) is 0 Å². The van der Waals surface area contributed by atoms with Crippen molar-refractivity contribution in [2.75, 3.05) is 0 Å². The average molecular weight is 298 g/mol. The molecule has 1 nitrogen and oxygen atoms in total. The van der Waals surface area contributed by atoms with Crippen LogP contribution in [0.4, 0.5) is 0 Å². The Bertz CT molecular complexity index is 515. The summed E-state index contributed by atoms with van der Waals surface area (Å²) >= 11 is 19.9. The summed E-state index contributed by atoms with van der Waals surface area (Å²) in [7, 11) is 0. The number of hydrogen-bond donors (Lipinski definition) is 0. The molecule has 2 aromatic rings. The van der Waals surface area contributed by atoms with Crippen LogP contribution in [0, 0.1) is 0 Å². The van der Waals surface area contributed by atoms with Crippen molar-refractivity contribution in [2.24, 2.45) is 0 Å². The number of ketones is 1. The van der Waals surface area contributed by atoms with E-state index in [0.29, 0.717) is 24.1 Å². The quantitative estimate of drug-likeness (QED) is 0.713. The predicted molar refractivity (Wildman–Crippen MR) is 67.1 cm³/mol. The van der Waals surface area contributed by atoms with E-state index in [1.807, 2.05) is 0 Å². The highest BCUT2D eigenvalue weighted by atomic mass is 35.5. The van der Waals surface area contributed by atoms with E-state index in [1.54, 1.807) is 17.5 Å². The van der Waals surface area contributed by atoms with Gasteiger partial charge in [0.05, 0.1) is 14.2 Å². The molecule has 6 heteroatoms. The van der Waals surface area contributed by atoms with Crippen LogP contribution in [0.25, 0.3) is 0 Å². The van der Waals surface area contributed by atoms with Gasteiger partial charge in [-0.2, -0.15) is 0 Å². The second-order valence-electron chi connectivity index (χ2n) is 2.71. The Balaban J connectivity index is 2.40. The first-order valence-corrected chi connectivity index (χ1v) is 6.64. The first kappa shape index (κ1) is 11.4. The number of rotatable bonds is 2. The molecule has 0 aliphatic carbocycles. The SMILES string of the molecule is O=C(c1csc(Cl)c1)c1cc(Cl)sc1Cl. The Labute approximate surface area is 109 Å². The third-order valence-corrected chi connectivity index (χ3v) is 4.31. The van der Waals surface area contributed by atoms with Gasteiger partial charge in [-0.3, -0.25) is 4.79 Å². The maximum absolute atomic E-state index is 11.9. The summed E-state index contributed by atoms with van der Waals surface area (Å²) in [6, 6.07) is 3.19. The molecule has 0 unspecified atom stereocenters. The Morgan fingerprint density at radius 2 is 1.87 bits per heavy atom. The molecule has 2 aromatic heterocycles. The summed E-state index contributed by atoms with van der Waals surface area (Å²) in [5.41, 5.74) is 0.975. The first-order valence-electron chi connectivity index (χ1n) is 3.81. The minimum atomic E-state index is -0.147. The van der Waals surface area contributed by atoms with Crippen LogP contribution in [0.3, 0.4) is 0 Å². The van der Waals surface area contributed by atoms with E-state index in [9.17, 15) is 4.79 Å². The van der Waals surface area contributed by atoms with Crippen LogP contribution >= 0.6 is 57.5 Å². The summed E-state index contributed by atoms with van der Waals surface area (Å²) < 4.78 is 1.49. The highest BCUT2D eigenvalue weighted by Gasteiger charge is 2.17. The fourth-order valence-corrected chi connectivity index (χ4v) is 3.40. The van der Waals surface area contributed by atoms with Gasteiger partial charge in [-0.15, -0.1) is 22.7 Å². The number of carbonyl (C=O) groups is 1. The van der Waals surface area contributed by atoms with Crippen LogP contribution < -0.4 is 0 Å². The smallest absolute Gasteiger partial charge is 0.196 e. The Hall–Kier alpha value is -0.0600. The Morgan fingerprint density at radius 1 is 1.13 bits per heavy atom. The van der Waals surface area contributed by atoms with Crippen molar-refractivity contribution in [3.05, 3.63) is 41.6 Å². The zero-order valence-corrected chi connectivity index (χ0v) is 11.0. The van der Waals surface area contributed by atoms with Gasteiger partial charge in [-0.1, -0.05) is 34.8 Å². The maximum Gasteiger partial charge on any atom is 0.196 e. The lowest BCUT2D eigenvalue weighted by Gasteiger charge is -1.93. The van der Waals surface area contributed by atoms with Gasteiger partial charge in [0, 0.05) is 10.9 Å². The van der Waals surface area contributed by atoms with Crippen LogP contribution in [0.1, 0.15) is 15.9 Å². The topological polar surface area (TPSA) is 17.1 Å². The summed E-state index contributed by atoms with van der Waals surface area (Å²) in [4.78, 5) is 11.9. The van der Waals surface area contributed by atoms with Crippen molar-refractivity contribution in [2.45, 2.75) is 0 Å². The van der Waals surface area contributed by atoms with E-state index in [4.69, 9.17) is 34.8 Å². The van der Waals surface area contributed by atoms with Crippen molar-refractivity contribution in [1.82, 2.24) is 0 Å². The molecule has 0 saturated heterocycles. The molecule has 0 saturated carbocycles. The summed E-state index contributed by atoms with van der Waals surface area (Å²) in [5.74, 6) is -0.147. The van der Waals surface area contributed by atoms with Crippen LogP contribution in [0.2, 0.25) is 13.0 Å². The molecule has 0 aliphatic rings. The van der Waals surface area contributed by atoms with Gasteiger partial charge in [-0.25, -0.2) is 0 Å². The molecule has 2 rings (SSSR count). The Kier molecular flexibility index (Phi) is 3.38. The van der Waals surface area contributed by atoms with Gasteiger partial charge < -0.3 is 0 Å². The standard InChI is InChI=1S/C9H3Cl3OS2/c10-6-1-4(3-14-6)8(13)5-2-7(11)15-9(5)12/h1-3H. The number of halogens is 3. The van der Waals surface area contributed by atoms with Gasteiger partial charge in [0.1, 0.15) is 4.34 Å². The highest BCUT2D eigenvalue weighted by Crippen LogP contribution is 2.33. The van der Waals surface area contributed by atoms with E-state index < -0.39 is 0 Å². The lowest BCUT2D eigenvalue weighted by atomic mass is 10.1. The van der Waals surface area contributed by atoms with Gasteiger partial charge >= 0.3 is 0 Å². The van der Waals surface area contributed by atoms with Gasteiger partial charge in [0.15, 0.2) is 5.78 Å². The molecule has 0 bridgehead atoms. The van der Waals surface area contributed by atoms with Crippen LogP contribution in [-0.4, -0.2) is 5.78 Å². The molecule has 2 heterocycles. The second-order valence-corrected chi connectivity index (χ2v) is 6.53. The van der Waals surface area contributed by atoms with Crippen molar-refractivity contribution in [3.63, 3.8) is 0 Å². The van der Waals surface area contributed by atoms with E-state index in [0.717, 1.165) is 0 Å². The first-order chi connectivity index (χ1) is 7.08. The van der Waals surface area contributed by atoms with Crippen molar-refractivity contribution in [3.8, 4) is 0 Å². The molecule has 0 spiro atoms. The minimum absolute atomic E-state index is 0.147. The van der Waals surface area contributed by atoms with Crippen molar-refractivity contribution >= 4 is 63.3 Å². The molecule has 0 atom stereocenters. The molecular formula is C9H3Cl3OS2. The normalized spacial score (nSPS) is 10.6. The van der Waals surface area contributed by atoms with Gasteiger partial charge in [-0.05, 0) is 12.1 Å². The minimum Gasteiger partial charge on any atom is -0.288 e. The molecule has 0 N–H and O–H groups in total.